The highest BCUT2D eigenvalue weighted by atomic mass is 35.5. The van der Waals surface area contributed by atoms with Crippen LogP contribution in [0.3, 0.4) is 0 Å². The molecule has 1 saturated heterocycles. The average molecular weight is 435 g/mol. The average Bonchev–Trinajstić information content (AvgIpc) is 3.31. The smallest absolute Gasteiger partial charge is 0.290 e. The molecule has 10 heteroatoms. The predicted octanol–water partition coefficient (Wildman–Crippen LogP) is 2.89. The van der Waals surface area contributed by atoms with Gasteiger partial charge in [-0.15, -0.1) is 5.10 Å². The first kappa shape index (κ1) is 21.9. The molecule has 1 atom stereocenters. The number of carbonyl (C=O) groups is 1. The van der Waals surface area contributed by atoms with Gasteiger partial charge in [-0.1, -0.05) is 17.7 Å². The van der Waals surface area contributed by atoms with Gasteiger partial charge in [0, 0.05) is 42.6 Å². The highest BCUT2D eigenvalue weighted by Crippen LogP contribution is 2.27. The van der Waals surface area contributed by atoms with E-state index in [2.05, 4.69) is 17.0 Å². The van der Waals surface area contributed by atoms with Crippen LogP contribution in [0, 0.1) is 5.82 Å². The lowest BCUT2D eigenvalue weighted by molar-refractivity contribution is -0.122. The molecule has 0 aliphatic carbocycles. The van der Waals surface area contributed by atoms with E-state index in [1.165, 1.54) is 6.07 Å². The minimum atomic E-state index is -0.332. The van der Waals surface area contributed by atoms with Gasteiger partial charge in [0.05, 0.1) is 6.20 Å². The molecule has 3 heterocycles. The number of aromatic nitrogens is 5. The number of benzene rings is 1. The van der Waals surface area contributed by atoms with Crippen LogP contribution in [-0.2, 0) is 18.3 Å². The summed E-state index contributed by atoms with van der Waals surface area (Å²) in [5.41, 5.74) is 0.433. The SMILES string of the molecule is CN1CCCC(c2nc(Cc3c(F)cccc3Cl)n(-c3ccnn3C)n2)C1.O=CO. The van der Waals surface area contributed by atoms with Gasteiger partial charge in [-0.05, 0) is 38.6 Å². The van der Waals surface area contributed by atoms with Gasteiger partial charge in [0.1, 0.15) is 11.6 Å². The second-order valence-corrected chi connectivity index (χ2v) is 7.60. The Morgan fingerprint density at radius 1 is 1.33 bits per heavy atom. The zero-order valence-electron chi connectivity index (χ0n) is 16.9. The fraction of sp³-hybridized carbons (Fsp3) is 0.400. The summed E-state index contributed by atoms with van der Waals surface area (Å²) in [5.74, 6) is 2.19. The van der Waals surface area contributed by atoms with Crippen molar-refractivity contribution in [2.75, 3.05) is 20.1 Å². The van der Waals surface area contributed by atoms with E-state index in [9.17, 15) is 4.39 Å². The largest absolute Gasteiger partial charge is 0.483 e. The summed E-state index contributed by atoms with van der Waals surface area (Å²) in [6.45, 7) is 1.77. The topological polar surface area (TPSA) is 89.1 Å². The van der Waals surface area contributed by atoms with E-state index in [1.807, 2.05) is 13.1 Å². The molecule has 30 heavy (non-hydrogen) atoms. The van der Waals surface area contributed by atoms with Crippen molar-refractivity contribution in [3.05, 3.63) is 58.5 Å². The van der Waals surface area contributed by atoms with Crippen molar-refractivity contribution < 1.29 is 14.3 Å². The Kier molecular flexibility index (Phi) is 7.17. The molecular formula is C20H24ClFN6O2. The number of halogens is 2. The molecule has 1 aliphatic heterocycles. The molecule has 1 aromatic carbocycles. The van der Waals surface area contributed by atoms with Crippen LogP contribution in [0.1, 0.15) is 36.0 Å². The number of likely N-dealkylation sites (tertiary alicyclic amines) is 1. The van der Waals surface area contributed by atoms with Gasteiger partial charge in [0.15, 0.2) is 11.6 Å². The number of hydrogen-bond donors (Lipinski definition) is 1. The fourth-order valence-corrected chi connectivity index (χ4v) is 3.87. The molecular weight excluding hydrogens is 411 g/mol. The van der Waals surface area contributed by atoms with Crippen LogP contribution in [0.2, 0.25) is 5.02 Å². The normalized spacial score (nSPS) is 16.7. The zero-order chi connectivity index (χ0) is 21.7. The third kappa shape index (κ3) is 4.85. The van der Waals surface area contributed by atoms with Gasteiger partial charge >= 0.3 is 0 Å². The summed E-state index contributed by atoms with van der Waals surface area (Å²) in [6.07, 6.45) is 4.16. The van der Waals surface area contributed by atoms with Crippen molar-refractivity contribution in [1.29, 1.82) is 0 Å². The molecule has 8 nitrogen and oxygen atoms in total. The quantitative estimate of drug-likeness (QED) is 0.635. The third-order valence-corrected chi connectivity index (χ3v) is 5.44. The van der Waals surface area contributed by atoms with Gasteiger partial charge < -0.3 is 10.0 Å². The summed E-state index contributed by atoms with van der Waals surface area (Å²) in [6, 6.07) is 6.60. The number of hydrogen-bond acceptors (Lipinski definition) is 5. The molecule has 1 N–H and O–H groups in total. The maximum atomic E-state index is 14.3. The monoisotopic (exact) mass is 434 g/mol. The van der Waals surface area contributed by atoms with Crippen LogP contribution in [0.5, 0.6) is 0 Å². The van der Waals surface area contributed by atoms with Crippen LogP contribution < -0.4 is 0 Å². The lowest BCUT2D eigenvalue weighted by atomic mass is 9.98. The van der Waals surface area contributed by atoms with Gasteiger partial charge in [-0.2, -0.15) is 9.78 Å². The van der Waals surface area contributed by atoms with E-state index >= 15 is 0 Å². The van der Waals surface area contributed by atoms with E-state index in [-0.39, 0.29) is 24.6 Å². The van der Waals surface area contributed by atoms with Gasteiger partial charge in [-0.3, -0.25) is 9.48 Å². The van der Waals surface area contributed by atoms with Crippen LogP contribution in [0.15, 0.2) is 30.5 Å². The van der Waals surface area contributed by atoms with Crippen molar-refractivity contribution in [3.63, 3.8) is 0 Å². The molecule has 160 valence electrons. The molecule has 1 unspecified atom stereocenters. The Hall–Kier alpha value is -2.78. The van der Waals surface area contributed by atoms with E-state index < -0.39 is 0 Å². The maximum Gasteiger partial charge on any atom is 0.290 e. The molecule has 3 aromatic rings. The Morgan fingerprint density at radius 3 is 2.73 bits per heavy atom. The van der Waals surface area contributed by atoms with Crippen molar-refractivity contribution in [2.24, 2.45) is 7.05 Å². The molecule has 1 aliphatic rings. The maximum absolute atomic E-state index is 14.3. The summed E-state index contributed by atoms with van der Waals surface area (Å²) in [7, 11) is 3.97. The number of rotatable bonds is 4. The zero-order valence-corrected chi connectivity index (χ0v) is 17.6. The van der Waals surface area contributed by atoms with Crippen LogP contribution in [0.25, 0.3) is 5.82 Å². The Labute approximate surface area is 178 Å². The van der Waals surface area contributed by atoms with Crippen LogP contribution >= 0.6 is 11.6 Å². The minimum absolute atomic E-state index is 0.250. The third-order valence-electron chi connectivity index (χ3n) is 5.09. The first-order chi connectivity index (χ1) is 14.4. The van der Waals surface area contributed by atoms with E-state index in [4.69, 9.17) is 31.6 Å². The Morgan fingerprint density at radius 2 is 2.10 bits per heavy atom. The molecule has 0 spiro atoms. The molecule has 4 rings (SSSR count). The van der Waals surface area contributed by atoms with Crippen molar-refractivity contribution in [2.45, 2.75) is 25.2 Å². The van der Waals surface area contributed by atoms with Crippen LogP contribution in [-0.4, -0.2) is 61.2 Å². The number of aryl methyl sites for hydroxylation is 1. The Bertz CT molecular complexity index is 985. The predicted molar refractivity (Wildman–Crippen MR) is 111 cm³/mol. The molecule has 2 aromatic heterocycles. The van der Waals surface area contributed by atoms with E-state index in [0.717, 1.165) is 37.6 Å². The number of nitrogens with zero attached hydrogens (tertiary/aromatic N) is 6. The number of likely N-dealkylation sites (N-methyl/N-ethyl adjacent to an activating group) is 1. The fourth-order valence-electron chi connectivity index (χ4n) is 3.64. The summed E-state index contributed by atoms with van der Waals surface area (Å²) in [4.78, 5) is 15.5. The van der Waals surface area contributed by atoms with Crippen molar-refractivity contribution in [1.82, 2.24) is 29.4 Å². The first-order valence-electron chi connectivity index (χ1n) is 9.58. The van der Waals surface area contributed by atoms with E-state index in [0.29, 0.717) is 16.4 Å². The number of piperidine rings is 1. The van der Waals surface area contributed by atoms with E-state index in [1.54, 1.807) is 27.7 Å². The first-order valence-corrected chi connectivity index (χ1v) is 9.95. The lowest BCUT2D eigenvalue weighted by Crippen LogP contribution is -2.31. The van der Waals surface area contributed by atoms with Crippen LogP contribution in [0.4, 0.5) is 4.39 Å². The lowest BCUT2D eigenvalue weighted by Gasteiger charge is -2.27. The van der Waals surface area contributed by atoms with Gasteiger partial charge in [-0.25, -0.2) is 9.37 Å². The Balaban J connectivity index is 0.000000806. The van der Waals surface area contributed by atoms with Crippen molar-refractivity contribution >= 4 is 18.1 Å². The summed E-state index contributed by atoms with van der Waals surface area (Å²) < 4.78 is 17.8. The second kappa shape index (κ2) is 9.82. The second-order valence-electron chi connectivity index (χ2n) is 7.19. The molecule has 0 bridgehead atoms. The van der Waals surface area contributed by atoms with Gasteiger partial charge in [0.2, 0.25) is 0 Å². The van der Waals surface area contributed by atoms with Crippen molar-refractivity contribution in [3.8, 4) is 5.82 Å². The minimum Gasteiger partial charge on any atom is -0.483 e. The standard InChI is InChI=1S/C19H22ClFN6.CH2O2/c1-25-10-4-5-13(12-25)19-23-17(11-14-15(20)6-3-7-16(14)21)27(24-19)18-8-9-22-26(18)2;2-1-3/h3,6-9,13H,4-5,10-12H2,1-2H3;1H,(H,2,3). The number of carboxylic acid groups (broad SMARTS) is 1. The molecule has 0 radical (unpaired) electrons. The van der Waals surface area contributed by atoms with Gasteiger partial charge in [0.25, 0.3) is 6.47 Å². The summed E-state index contributed by atoms with van der Waals surface area (Å²) in [5, 5.41) is 16.3. The molecule has 0 saturated carbocycles. The molecule has 0 amide bonds. The summed E-state index contributed by atoms with van der Waals surface area (Å²) >= 11 is 6.24. The highest BCUT2D eigenvalue weighted by molar-refractivity contribution is 6.31. The molecule has 1 fully saturated rings. The highest BCUT2D eigenvalue weighted by Gasteiger charge is 2.25.